The van der Waals surface area contributed by atoms with Crippen LogP contribution in [0, 0.1) is 0 Å². The zero-order valence-electron chi connectivity index (χ0n) is 11.8. The van der Waals surface area contributed by atoms with Crippen molar-refractivity contribution < 1.29 is 18.3 Å². The van der Waals surface area contributed by atoms with Gasteiger partial charge >= 0.3 is 5.97 Å². The highest BCUT2D eigenvalue weighted by molar-refractivity contribution is 7.89. The minimum Gasteiger partial charge on any atom is -0.481 e. The summed E-state index contributed by atoms with van der Waals surface area (Å²) in [6, 6.07) is 0. The Morgan fingerprint density at radius 2 is 1.65 bits per heavy atom. The third-order valence-electron chi connectivity index (χ3n) is 4.31. The Hall–Kier alpha value is -0.660. The SMILES string of the molecule is O=C(O)CCN1CCN(S(=O)(=O)C2CCCCC2)CC1. The van der Waals surface area contributed by atoms with E-state index in [1.807, 2.05) is 4.90 Å². The summed E-state index contributed by atoms with van der Waals surface area (Å²) >= 11 is 0. The van der Waals surface area contributed by atoms with Crippen molar-refractivity contribution in [2.45, 2.75) is 43.8 Å². The molecule has 1 saturated heterocycles. The first-order valence-electron chi connectivity index (χ1n) is 7.43. The third kappa shape index (κ3) is 3.93. The second kappa shape index (κ2) is 6.87. The summed E-state index contributed by atoms with van der Waals surface area (Å²) in [6.45, 7) is 2.78. The molecule has 0 aromatic carbocycles. The lowest BCUT2D eigenvalue weighted by Gasteiger charge is -2.36. The molecule has 2 rings (SSSR count). The number of carboxylic acids is 1. The third-order valence-corrected chi connectivity index (χ3v) is 6.71. The van der Waals surface area contributed by atoms with E-state index in [-0.39, 0.29) is 11.7 Å². The standard InChI is InChI=1S/C13H24N2O4S/c16-13(17)6-7-14-8-10-15(11-9-14)20(18,19)12-4-2-1-3-5-12/h12H,1-11H2,(H,16,17). The van der Waals surface area contributed by atoms with Gasteiger partial charge in [0.2, 0.25) is 10.0 Å². The Kier molecular flexibility index (Phi) is 5.40. The molecule has 0 aromatic heterocycles. The lowest BCUT2D eigenvalue weighted by Crippen LogP contribution is -2.51. The zero-order valence-corrected chi connectivity index (χ0v) is 12.6. The van der Waals surface area contributed by atoms with Crippen LogP contribution < -0.4 is 0 Å². The molecule has 1 aliphatic carbocycles. The van der Waals surface area contributed by atoms with Gasteiger partial charge in [-0.25, -0.2) is 8.42 Å². The summed E-state index contributed by atoms with van der Waals surface area (Å²) in [5.41, 5.74) is 0. The van der Waals surface area contributed by atoms with Gasteiger partial charge in [-0.3, -0.25) is 4.79 Å². The minimum absolute atomic E-state index is 0.120. The molecule has 7 heteroatoms. The lowest BCUT2D eigenvalue weighted by molar-refractivity contribution is -0.137. The summed E-state index contributed by atoms with van der Waals surface area (Å²) in [4.78, 5) is 12.6. The molecular weight excluding hydrogens is 280 g/mol. The van der Waals surface area contributed by atoms with Crippen molar-refractivity contribution in [1.82, 2.24) is 9.21 Å². The second-order valence-electron chi connectivity index (χ2n) is 5.69. The molecule has 0 radical (unpaired) electrons. The Balaban J connectivity index is 1.84. The molecule has 116 valence electrons. The molecule has 6 nitrogen and oxygen atoms in total. The van der Waals surface area contributed by atoms with E-state index in [0.717, 1.165) is 32.1 Å². The quantitative estimate of drug-likeness (QED) is 0.810. The van der Waals surface area contributed by atoms with Crippen molar-refractivity contribution in [2.75, 3.05) is 32.7 Å². The molecule has 1 saturated carbocycles. The van der Waals surface area contributed by atoms with Crippen molar-refractivity contribution in [3.05, 3.63) is 0 Å². The zero-order chi connectivity index (χ0) is 14.6. The Morgan fingerprint density at radius 3 is 2.20 bits per heavy atom. The molecule has 0 amide bonds. The van der Waals surface area contributed by atoms with Gasteiger partial charge in [-0.15, -0.1) is 0 Å². The fourth-order valence-electron chi connectivity index (χ4n) is 3.04. The molecule has 0 unspecified atom stereocenters. The van der Waals surface area contributed by atoms with Gasteiger partial charge in [-0.05, 0) is 12.8 Å². The fourth-order valence-corrected chi connectivity index (χ4v) is 5.06. The van der Waals surface area contributed by atoms with Crippen molar-refractivity contribution in [2.24, 2.45) is 0 Å². The van der Waals surface area contributed by atoms with Crippen molar-refractivity contribution >= 4 is 16.0 Å². The van der Waals surface area contributed by atoms with Crippen molar-refractivity contribution in [3.63, 3.8) is 0 Å². The molecule has 0 spiro atoms. The number of sulfonamides is 1. The molecule has 0 bridgehead atoms. The number of nitrogens with zero attached hydrogens (tertiary/aromatic N) is 2. The smallest absolute Gasteiger partial charge is 0.304 e. The molecule has 2 aliphatic rings. The summed E-state index contributed by atoms with van der Waals surface area (Å²) < 4.78 is 26.7. The highest BCUT2D eigenvalue weighted by atomic mass is 32.2. The van der Waals surface area contributed by atoms with Crippen LogP contribution in [0.1, 0.15) is 38.5 Å². The van der Waals surface area contributed by atoms with Gasteiger partial charge in [-0.1, -0.05) is 19.3 Å². The molecular formula is C13H24N2O4S. The van der Waals surface area contributed by atoms with E-state index in [1.54, 1.807) is 4.31 Å². The van der Waals surface area contributed by atoms with Crippen LogP contribution in [0.15, 0.2) is 0 Å². The maximum absolute atomic E-state index is 12.5. The Bertz CT molecular complexity index is 424. The fraction of sp³-hybridized carbons (Fsp3) is 0.923. The number of carbonyl (C=O) groups is 1. The van der Waals surface area contributed by atoms with Gasteiger partial charge in [0.25, 0.3) is 0 Å². The number of piperazine rings is 1. The molecule has 20 heavy (non-hydrogen) atoms. The average molecular weight is 304 g/mol. The second-order valence-corrected chi connectivity index (χ2v) is 7.90. The van der Waals surface area contributed by atoms with E-state index in [2.05, 4.69) is 0 Å². The lowest BCUT2D eigenvalue weighted by atomic mass is 10.0. The summed E-state index contributed by atoms with van der Waals surface area (Å²) in [7, 11) is -3.15. The summed E-state index contributed by atoms with van der Waals surface area (Å²) in [6.07, 6.45) is 4.89. The number of aliphatic carboxylic acids is 1. The number of hydrogen-bond donors (Lipinski definition) is 1. The maximum Gasteiger partial charge on any atom is 0.304 e. The van der Waals surface area contributed by atoms with Crippen LogP contribution in [0.25, 0.3) is 0 Å². The minimum atomic E-state index is -3.15. The largest absolute Gasteiger partial charge is 0.481 e. The topological polar surface area (TPSA) is 77.9 Å². The van der Waals surface area contributed by atoms with Crippen LogP contribution in [-0.2, 0) is 14.8 Å². The average Bonchev–Trinajstić information content (AvgIpc) is 2.46. The molecule has 1 heterocycles. The predicted octanol–water partition coefficient (Wildman–Crippen LogP) is 0.741. The molecule has 2 fully saturated rings. The van der Waals surface area contributed by atoms with Gasteiger partial charge in [-0.2, -0.15) is 4.31 Å². The van der Waals surface area contributed by atoms with Crippen LogP contribution in [0.3, 0.4) is 0 Å². The number of carboxylic acid groups (broad SMARTS) is 1. The number of hydrogen-bond acceptors (Lipinski definition) is 4. The summed E-state index contributed by atoms with van der Waals surface area (Å²) in [5, 5.41) is 8.47. The van der Waals surface area contributed by atoms with Crippen molar-refractivity contribution in [3.8, 4) is 0 Å². The molecule has 0 aromatic rings. The molecule has 1 aliphatic heterocycles. The van der Waals surface area contributed by atoms with Gasteiger partial charge in [0.15, 0.2) is 0 Å². The van der Waals surface area contributed by atoms with Crippen LogP contribution in [0.2, 0.25) is 0 Å². The molecule has 1 N–H and O–H groups in total. The summed E-state index contributed by atoms with van der Waals surface area (Å²) in [5.74, 6) is -0.803. The Morgan fingerprint density at radius 1 is 1.05 bits per heavy atom. The van der Waals surface area contributed by atoms with Gasteiger partial charge in [0.1, 0.15) is 0 Å². The van der Waals surface area contributed by atoms with E-state index >= 15 is 0 Å². The first-order valence-corrected chi connectivity index (χ1v) is 8.93. The molecule has 0 atom stereocenters. The van der Waals surface area contributed by atoms with E-state index in [1.165, 1.54) is 0 Å². The first-order chi connectivity index (χ1) is 9.50. The van der Waals surface area contributed by atoms with Crippen LogP contribution in [0.4, 0.5) is 0 Å². The highest BCUT2D eigenvalue weighted by Gasteiger charge is 2.34. The van der Waals surface area contributed by atoms with Crippen LogP contribution >= 0.6 is 0 Å². The highest BCUT2D eigenvalue weighted by Crippen LogP contribution is 2.26. The van der Waals surface area contributed by atoms with Gasteiger partial charge in [0, 0.05) is 32.7 Å². The van der Waals surface area contributed by atoms with E-state index in [9.17, 15) is 13.2 Å². The Labute approximate surface area is 120 Å². The van der Waals surface area contributed by atoms with E-state index in [0.29, 0.717) is 32.7 Å². The van der Waals surface area contributed by atoms with E-state index < -0.39 is 16.0 Å². The van der Waals surface area contributed by atoms with Crippen LogP contribution in [-0.4, -0.2) is 66.7 Å². The predicted molar refractivity (Wildman–Crippen MR) is 76.1 cm³/mol. The van der Waals surface area contributed by atoms with Gasteiger partial charge in [0.05, 0.1) is 11.7 Å². The monoisotopic (exact) mass is 304 g/mol. The first kappa shape index (κ1) is 15.7. The van der Waals surface area contributed by atoms with Gasteiger partial charge < -0.3 is 10.0 Å². The normalized spacial score (nSPS) is 23.8. The van der Waals surface area contributed by atoms with E-state index in [4.69, 9.17) is 5.11 Å². The number of rotatable bonds is 5. The maximum atomic E-state index is 12.5. The van der Waals surface area contributed by atoms with Crippen LogP contribution in [0.5, 0.6) is 0 Å². The van der Waals surface area contributed by atoms with Crippen molar-refractivity contribution in [1.29, 1.82) is 0 Å².